The molecule has 0 bridgehead atoms. The predicted molar refractivity (Wildman–Crippen MR) is 80.8 cm³/mol. The van der Waals surface area contributed by atoms with Gasteiger partial charge in [0.2, 0.25) is 0 Å². The van der Waals surface area contributed by atoms with Crippen molar-refractivity contribution in [3.63, 3.8) is 0 Å². The van der Waals surface area contributed by atoms with E-state index in [-0.39, 0.29) is 31.9 Å². The second kappa shape index (κ2) is 6.70. The Labute approximate surface area is 140 Å². The lowest BCUT2D eigenvalue weighted by molar-refractivity contribution is 0.0740. The van der Waals surface area contributed by atoms with E-state index in [0.29, 0.717) is 6.07 Å². The van der Waals surface area contributed by atoms with Crippen LogP contribution in [0.3, 0.4) is 0 Å². The molecule has 0 spiro atoms. The zero-order chi connectivity index (χ0) is 18.1. The molecule has 2 aromatic rings. The third-order valence-electron chi connectivity index (χ3n) is 4.09. The molecule has 0 N–H and O–H groups in total. The highest BCUT2D eigenvalue weighted by atomic mass is 19.2. The van der Waals surface area contributed by atoms with Crippen LogP contribution >= 0.6 is 0 Å². The summed E-state index contributed by atoms with van der Waals surface area (Å²) in [6.45, 7) is 0.361. The number of carbonyl (C=O) groups excluding carboxylic acids is 1. The first-order chi connectivity index (χ1) is 11.9. The van der Waals surface area contributed by atoms with Crippen LogP contribution in [0.5, 0.6) is 0 Å². The lowest BCUT2D eigenvalue weighted by atomic mass is 10.1. The summed E-state index contributed by atoms with van der Waals surface area (Å²) in [5.74, 6) is -6.87. The van der Waals surface area contributed by atoms with E-state index in [2.05, 4.69) is 0 Å². The van der Waals surface area contributed by atoms with E-state index >= 15 is 0 Å². The molecule has 0 unspecified atom stereocenters. The molecule has 1 saturated heterocycles. The summed E-state index contributed by atoms with van der Waals surface area (Å²) in [7, 11) is 0. The zero-order valence-electron chi connectivity index (χ0n) is 12.9. The van der Waals surface area contributed by atoms with E-state index < -0.39 is 40.6 Å². The van der Waals surface area contributed by atoms with Crippen LogP contribution in [0, 0.1) is 29.1 Å². The van der Waals surface area contributed by atoms with Crippen LogP contribution < -0.4 is 4.90 Å². The average Bonchev–Trinajstić information content (AvgIpc) is 2.60. The number of nitrogens with zero attached hydrogens (tertiary/aromatic N) is 2. The molecule has 8 heteroatoms. The standard InChI is InChI=1S/C17H13F5N2O/c18-11-5-4-10(14(21)15(11)22)17(25)24-8-6-23(7-9-24)16-12(19)2-1-3-13(16)20/h1-5H,6-9H2. The highest BCUT2D eigenvalue weighted by molar-refractivity contribution is 5.94. The number of carbonyl (C=O) groups is 1. The molecule has 3 rings (SSSR count). The van der Waals surface area contributed by atoms with Crippen LogP contribution in [-0.2, 0) is 0 Å². The quantitative estimate of drug-likeness (QED) is 0.609. The molecule has 0 aromatic heterocycles. The molecule has 1 heterocycles. The molecule has 0 saturated carbocycles. The molecule has 1 fully saturated rings. The Hall–Kier alpha value is -2.64. The van der Waals surface area contributed by atoms with E-state index in [0.717, 1.165) is 18.2 Å². The molecule has 132 valence electrons. The van der Waals surface area contributed by atoms with Crippen molar-refractivity contribution in [3.8, 4) is 0 Å². The molecule has 0 aliphatic carbocycles. The van der Waals surface area contributed by atoms with Crippen LogP contribution in [0.2, 0.25) is 0 Å². The van der Waals surface area contributed by atoms with Gasteiger partial charge in [-0.1, -0.05) is 6.07 Å². The normalized spacial score (nSPS) is 14.8. The van der Waals surface area contributed by atoms with Crippen molar-refractivity contribution in [2.45, 2.75) is 0 Å². The minimum Gasteiger partial charge on any atom is -0.363 e. The molecule has 0 atom stereocenters. The maximum Gasteiger partial charge on any atom is 0.257 e. The summed E-state index contributed by atoms with van der Waals surface area (Å²) >= 11 is 0. The molecule has 1 aliphatic heterocycles. The monoisotopic (exact) mass is 356 g/mol. The summed E-state index contributed by atoms with van der Waals surface area (Å²) in [4.78, 5) is 15.0. The Balaban J connectivity index is 1.74. The first-order valence-corrected chi connectivity index (χ1v) is 7.52. The number of hydrogen-bond donors (Lipinski definition) is 0. The molecule has 2 aromatic carbocycles. The SMILES string of the molecule is O=C(c1ccc(F)c(F)c1F)N1CCN(c2c(F)cccc2F)CC1. The maximum atomic E-state index is 13.8. The number of piperazine rings is 1. The van der Waals surface area contributed by atoms with Gasteiger partial charge in [0, 0.05) is 26.2 Å². The van der Waals surface area contributed by atoms with Crippen LogP contribution in [0.1, 0.15) is 10.4 Å². The largest absolute Gasteiger partial charge is 0.363 e. The van der Waals surface area contributed by atoms with Crippen LogP contribution in [0.4, 0.5) is 27.6 Å². The minimum atomic E-state index is -1.71. The summed E-state index contributed by atoms with van der Waals surface area (Å²) in [6.07, 6.45) is 0. The van der Waals surface area contributed by atoms with Gasteiger partial charge in [0.1, 0.15) is 17.3 Å². The summed E-state index contributed by atoms with van der Waals surface area (Å²) in [6, 6.07) is 5.06. The number of para-hydroxylation sites is 1. The van der Waals surface area contributed by atoms with Crippen LogP contribution in [0.15, 0.2) is 30.3 Å². The van der Waals surface area contributed by atoms with E-state index in [1.807, 2.05) is 0 Å². The summed E-state index contributed by atoms with van der Waals surface area (Å²) in [5, 5.41) is 0. The minimum absolute atomic E-state index is 0.0606. The second-order valence-electron chi connectivity index (χ2n) is 5.57. The first-order valence-electron chi connectivity index (χ1n) is 7.52. The van der Waals surface area contributed by atoms with Gasteiger partial charge in [-0.3, -0.25) is 4.79 Å². The number of anilines is 1. The fourth-order valence-corrected chi connectivity index (χ4v) is 2.79. The van der Waals surface area contributed by atoms with E-state index in [9.17, 15) is 26.7 Å². The molecular formula is C17H13F5N2O. The first kappa shape index (κ1) is 17.2. The van der Waals surface area contributed by atoms with Gasteiger partial charge >= 0.3 is 0 Å². The number of halogens is 5. The van der Waals surface area contributed by atoms with Gasteiger partial charge < -0.3 is 9.80 Å². The zero-order valence-corrected chi connectivity index (χ0v) is 12.9. The molecule has 1 amide bonds. The van der Waals surface area contributed by atoms with Crippen molar-refractivity contribution in [1.82, 2.24) is 4.90 Å². The number of rotatable bonds is 2. The Morgan fingerprint density at radius 1 is 0.760 bits per heavy atom. The summed E-state index contributed by atoms with van der Waals surface area (Å²) < 4.78 is 67.6. The van der Waals surface area contributed by atoms with Gasteiger partial charge in [-0.25, -0.2) is 22.0 Å². The van der Waals surface area contributed by atoms with Crippen molar-refractivity contribution < 1.29 is 26.7 Å². The van der Waals surface area contributed by atoms with Gasteiger partial charge in [-0.2, -0.15) is 0 Å². The Morgan fingerprint density at radius 2 is 1.36 bits per heavy atom. The smallest absolute Gasteiger partial charge is 0.257 e. The highest BCUT2D eigenvalue weighted by Gasteiger charge is 2.28. The van der Waals surface area contributed by atoms with E-state index in [1.54, 1.807) is 0 Å². The van der Waals surface area contributed by atoms with E-state index in [4.69, 9.17) is 0 Å². The van der Waals surface area contributed by atoms with Gasteiger partial charge in [0.15, 0.2) is 17.5 Å². The number of amides is 1. The third-order valence-corrected chi connectivity index (χ3v) is 4.09. The van der Waals surface area contributed by atoms with Gasteiger partial charge in [-0.15, -0.1) is 0 Å². The molecule has 25 heavy (non-hydrogen) atoms. The van der Waals surface area contributed by atoms with Crippen molar-refractivity contribution in [1.29, 1.82) is 0 Å². The Morgan fingerprint density at radius 3 is 1.96 bits per heavy atom. The predicted octanol–water partition coefficient (Wildman–Crippen LogP) is 3.34. The lowest BCUT2D eigenvalue weighted by Crippen LogP contribution is -2.49. The van der Waals surface area contributed by atoms with Crippen molar-refractivity contribution in [3.05, 3.63) is 65.0 Å². The molecule has 0 radical (unpaired) electrons. The van der Waals surface area contributed by atoms with Gasteiger partial charge in [0.05, 0.1) is 5.56 Å². The van der Waals surface area contributed by atoms with Gasteiger partial charge in [-0.05, 0) is 24.3 Å². The Kier molecular flexibility index (Phi) is 4.61. The van der Waals surface area contributed by atoms with E-state index in [1.165, 1.54) is 15.9 Å². The molecular weight excluding hydrogens is 343 g/mol. The van der Waals surface area contributed by atoms with Crippen molar-refractivity contribution in [2.75, 3.05) is 31.1 Å². The topological polar surface area (TPSA) is 23.6 Å². The Bertz CT molecular complexity index is 799. The van der Waals surface area contributed by atoms with Crippen LogP contribution in [-0.4, -0.2) is 37.0 Å². The maximum absolute atomic E-state index is 13.8. The van der Waals surface area contributed by atoms with Crippen molar-refractivity contribution in [2.24, 2.45) is 0 Å². The third kappa shape index (κ3) is 3.16. The van der Waals surface area contributed by atoms with Crippen LogP contribution in [0.25, 0.3) is 0 Å². The average molecular weight is 356 g/mol. The number of hydrogen-bond acceptors (Lipinski definition) is 2. The molecule has 3 nitrogen and oxygen atoms in total. The van der Waals surface area contributed by atoms with Crippen molar-refractivity contribution >= 4 is 11.6 Å². The van der Waals surface area contributed by atoms with Gasteiger partial charge in [0.25, 0.3) is 5.91 Å². The lowest BCUT2D eigenvalue weighted by Gasteiger charge is -2.36. The molecule has 1 aliphatic rings. The fourth-order valence-electron chi connectivity index (χ4n) is 2.79. The summed E-state index contributed by atoms with van der Waals surface area (Å²) in [5.41, 5.74) is -0.766. The highest BCUT2D eigenvalue weighted by Crippen LogP contribution is 2.25. The fraction of sp³-hybridized carbons (Fsp3) is 0.235. The number of benzene rings is 2. The second-order valence-corrected chi connectivity index (χ2v) is 5.57.